The average Bonchev–Trinajstić information content (AvgIpc) is 2.45. The molecule has 0 aromatic heterocycles. The fourth-order valence-electron chi connectivity index (χ4n) is 2.44. The maximum Gasteiger partial charge on any atom is 0.262 e. The predicted octanol–water partition coefficient (Wildman–Crippen LogP) is 2.96. The lowest BCUT2D eigenvalue weighted by Crippen LogP contribution is -2.33. The van der Waals surface area contributed by atoms with Crippen molar-refractivity contribution in [3.63, 3.8) is 0 Å². The van der Waals surface area contributed by atoms with E-state index in [1.54, 1.807) is 18.2 Å². The number of carbonyl (C=O) groups is 2. The van der Waals surface area contributed by atoms with Gasteiger partial charge in [0.15, 0.2) is 6.61 Å². The summed E-state index contributed by atoms with van der Waals surface area (Å²) in [6.45, 7) is 6.44. The maximum atomic E-state index is 12.3. The van der Waals surface area contributed by atoms with Gasteiger partial charge < -0.3 is 15.4 Å². The molecule has 0 aliphatic carbocycles. The number of hydrogen-bond acceptors (Lipinski definition) is 3. The van der Waals surface area contributed by atoms with Crippen LogP contribution >= 0.6 is 0 Å². The van der Waals surface area contributed by atoms with Gasteiger partial charge in [0.25, 0.3) is 11.8 Å². The third-order valence-corrected chi connectivity index (χ3v) is 3.67. The Kier molecular flexibility index (Phi) is 5.41. The van der Waals surface area contributed by atoms with E-state index in [1.807, 2.05) is 6.92 Å². The number of anilines is 1. The fourth-order valence-corrected chi connectivity index (χ4v) is 2.44. The molecule has 0 fully saturated rings. The van der Waals surface area contributed by atoms with Crippen LogP contribution in [-0.2, 0) is 4.79 Å². The molecule has 120 valence electrons. The molecule has 5 nitrogen and oxygen atoms in total. The van der Waals surface area contributed by atoms with Crippen molar-refractivity contribution in [3.8, 4) is 5.75 Å². The van der Waals surface area contributed by atoms with Crippen LogP contribution in [-0.4, -0.2) is 24.5 Å². The number of hydrogen-bond donors (Lipinski definition) is 2. The molecule has 2 N–H and O–H groups in total. The first kappa shape index (κ1) is 16.3. The molecule has 1 heterocycles. The molecule has 2 amide bonds. The molecule has 1 atom stereocenters. The first-order chi connectivity index (χ1) is 10.5. The smallest absolute Gasteiger partial charge is 0.262 e. The van der Waals surface area contributed by atoms with Crippen molar-refractivity contribution in [1.29, 1.82) is 0 Å². The Bertz CT molecular complexity index is 555. The Hall–Kier alpha value is -2.04. The van der Waals surface area contributed by atoms with Crippen molar-refractivity contribution in [2.45, 2.75) is 46.1 Å². The van der Waals surface area contributed by atoms with Crippen molar-refractivity contribution >= 4 is 17.5 Å². The normalized spacial score (nSPS) is 14.8. The number of nitrogens with one attached hydrogen (secondary N) is 2. The van der Waals surface area contributed by atoms with Crippen molar-refractivity contribution in [1.82, 2.24) is 5.32 Å². The van der Waals surface area contributed by atoms with E-state index in [9.17, 15) is 9.59 Å². The van der Waals surface area contributed by atoms with Gasteiger partial charge in [-0.1, -0.05) is 26.7 Å². The number of amides is 2. The zero-order valence-electron chi connectivity index (χ0n) is 13.4. The van der Waals surface area contributed by atoms with E-state index in [0.29, 0.717) is 22.9 Å². The van der Waals surface area contributed by atoms with E-state index < -0.39 is 0 Å². The number of benzene rings is 1. The van der Waals surface area contributed by atoms with Gasteiger partial charge in [0.05, 0.1) is 5.69 Å². The lowest BCUT2D eigenvalue weighted by molar-refractivity contribution is -0.118. The van der Waals surface area contributed by atoms with E-state index in [1.165, 1.54) is 6.42 Å². The standard InChI is InChI=1S/C17H24N2O3/c1-11(2)5-4-6-12(3)18-17(21)13-7-8-15-14(9-13)19-16(20)10-22-15/h7-9,11-12H,4-6,10H2,1-3H3,(H,18,21)(H,19,20). The van der Waals surface area contributed by atoms with Crippen molar-refractivity contribution in [2.75, 3.05) is 11.9 Å². The Morgan fingerprint density at radius 2 is 2.09 bits per heavy atom. The number of rotatable bonds is 6. The van der Waals surface area contributed by atoms with Gasteiger partial charge in [0.2, 0.25) is 0 Å². The number of fused-ring (bicyclic) bond motifs is 1. The quantitative estimate of drug-likeness (QED) is 0.849. The highest BCUT2D eigenvalue weighted by Gasteiger charge is 2.18. The van der Waals surface area contributed by atoms with Gasteiger partial charge in [-0.2, -0.15) is 0 Å². The zero-order valence-corrected chi connectivity index (χ0v) is 13.4. The molecule has 0 radical (unpaired) electrons. The maximum absolute atomic E-state index is 12.3. The van der Waals surface area contributed by atoms with Gasteiger partial charge in [-0.3, -0.25) is 9.59 Å². The summed E-state index contributed by atoms with van der Waals surface area (Å²) in [5.74, 6) is 0.958. The fraction of sp³-hybridized carbons (Fsp3) is 0.529. The summed E-state index contributed by atoms with van der Waals surface area (Å²) < 4.78 is 5.28. The molecular weight excluding hydrogens is 280 g/mol. The summed E-state index contributed by atoms with van der Waals surface area (Å²) in [7, 11) is 0. The van der Waals surface area contributed by atoms with E-state index in [0.717, 1.165) is 12.8 Å². The van der Waals surface area contributed by atoms with Crippen molar-refractivity contribution in [3.05, 3.63) is 23.8 Å². The topological polar surface area (TPSA) is 67.4 Å². The lowest BCUT2D eigenvalue weighted by Gasteiger charge is -2.19. The molecule has 0 spiro atoms. The van der Waals surface area contributed by atoms with Crippen LogP contribution < -0.4 is 15.4 Å². The zero-order chi connectivity index (χ0) is 16.1. The van der Waals surface area contributed by atoms with Crippen LogP contribution in [0.5, 0.6) is 5.75 Å². The van der Waals surface area contributed by atoms with Crippen LogP contribution in [0.25, 0.3) is 0 Å². The van der Waals surface area contributed by atoms with Crippen molar-refractivity contribution in [2.24, 2.45) is 5.92 Å². The summed E-state index contributed by atoms with van der Waals surface area (Å²) in [6.07, 6.45) is 3.24. The SMILES string of the molecule is CC(C)CCCC(C)NC(=O)c1ccc2c(c1)NC(=O)CO2. The highest BCUT2D eigenvalue weighted by atomic mass is 16.5. The molecule has 1 aliphatic heterocycles. The van der Waals surface area contributed by atoms with Gasteiger partial charge in [-0.05, 0) is 37.5 Å². The Morgan fingerprint density at radius 1 is 1.32 bits per heavy atom. The van der Waals surface area contributed by atoms with Crippen LogP contribution in [0.3, 0.4) is 0 Å². The Labute approximate surface area is 131 Å². The minimum Gasteiger partial charge on any atom is -0.482 e. The summed E-state index contributed by atoms with van der Waals surface area (Å²) in [4.78, 5) is 23.6. The molecule has 22 heavy (non-hydrogen) atoms. The van der Waals surface area contributed by atoms with Crippen LogP contribution in [0.2, 0.25) is 0 Å². The summed E-state index contributed by atoms with van der Waals surface area (Å²) in [6, 6.07) is 5.22. The van der Waals surface area contributed by atoms with Gasteiger partial charge in [0, 0.05) is 11.6 Å². The largest absolute Gasteiger partial charge is 0.482 e. The van der Waals surface area contributed by atoms with Crippen LogP contribution in [0.1, 0.15) is 50.4 Å². The molecule has 1 aliphatic rings. The van der Waals surface area contributed by atoms with Gasteiger partial charge in [-0.15, -0.1) is 0 Å². The first-order valence-corrected chi connectivity index (χ1v) is 7.83. The van der Waals surface area contributed by atoms with Crippen molar-refractivity contribution < 1.29 is 14.3 Å². The van der Waals surface area contributed by atoms with Crippen LogP contribution in [0.15, 0.2) is 18.2 Å². The molecular formula is C17H24N2O3. The molecule has 1 unspecified atom stereocenters. The Balaban J connectivity index is 1.92. The highest BCUT2D eigenvalue weighted by Crippen LogP contribution is 2.28. The predicted molar refractivity (Wildman–Crippen MR) is 86.2 cm³/mol. The van der Waals surface area contributed by atoms with Gasteiger partial charge in [0.1, 0.15) is 5.75 Å². The lowest BCUT2D eigenvalue weighted by atomic mass is 10.0. The second kappa shape index (κ2) is 7.29. The third kappa shape index (κ3) is 4.48. The minimum atomic E-state index is -0.202. The number of carbonyl (C=O) groups excluding carboxylic acids is 2. The highest BCUT2D eigenvalue weighted by molar-refractivity contribution is 5.99. The van der Waals surface area contributed by atoms with E-state index in [2.05, 4.69) is 24.5 Å². The molecule has 1 aromatic carbocycles. The summed E-state index contributed by atoms with van der Waals surface area (Å²) in [5.41, 5.74) is 1.08. The summed E-state index contributed by atoms with van der Waals surface area (Å²) >= 11 is 0. The molecule has 5 heteroatoms. The van der Waals surface area contributed by atoms with Crippen LogP contribution in [0, 0.1) is 5.92 Å². The number of ether oxygens (including phenoxy) is 1. The molecule has 1 aromatic rings. The summed E-state index contributed by atoms with van der Waals surface area (Å²) in [5, 5.41) is 5.71. The second-order valence-corrected chi connectivity index (χ2v) is 6.25. The van der Waals surface area contributed by atoms with E-state index in [4.69, 9.17) is 4.74 Å². The van der Waals surface area contributed by atoms with Gasteiger partial charge in [-0.25, -0.2) is 0 Å². The Morgan fingerprint density at radius 3 is 2.82 bits per heavy atom. The molecule has 0 saturated heterocycles. The van der Waals surface area contributed by atoms with Crippen LogP contribution in [0.4, 0.5) is 5.69 Å². The molecule has 2 rings (SSSR count). The first-order valence-electron chi connectivity index (χ1n) is 7.83. The molecule has 0 bridgehead atoms. The molecule has 0 saturated carbocycles. The van der Waals surface area contributed by atoms with E-state index in [-0.39, 0.29) is 24.5 Å². The second-order valence-electron chi connectivity index (χ2n) is 6.25. The van der Waals surface area contributed by atoms with E-state index >= 15 is 0 Å². The third-order valence-electron chi connectivity index (χ3n) is 3.67. The monoisotopic (exact) mass is 304 g/mol. The average molecular weight is 304 g/mol. The minimum absolute atomic E-state index is 0.0193. The van der Waals surface area contributed by atoms with Gasteiger partial charge >= 0.3 is 0 Å².